The second-order valence-corrected chi connectivity index (χ2v) is 4.82. The summed E-state index contributed by atoms with van der Waals surface area (Å²) in [5.74, 6) is -1.94. The zero-order chi connectivity index (χ0) is 15.6. The van der Waals surface area contributed by atoms with E-state index in [1.54, 1.807) is 0 Å². The van der Waals surface area contributed by atoms with E-state index in [0.717, 1.165) is 0 Å². The van der Waals surface area contributed by atoms with E-state index in [0.29, 0.717) is 17.7 Å². The number of para-hydroxylation sites is 1. The molecule has 1 aromatic rings. The molecule has 0 spiro atoms. The number of halogens is 3. The summed E-state index contributed by atoms with van der Waals surface area (Å²) in [6.07, 6.45) is -3.61. The van der Waals surface area contributed by atoms with E-state index >= 15 is 0 Å². The highest BCUT2D eigenvalue weighted by Crippen LogP contribution is 2.37. The minimum absolute atomic E-state index is 0.0466. The molecule has 21 heavy (non-hydrogen) atoms. The Morgan fingerprint density at radius 3 is 2.57 bits per heavy atom. The van der Waals surface area contributed by atoms with Gasteiger partial charge in [0.15, 0.2) is 0 Å². The Labute approximate surface area is 118 Å². The molecule has 0 aliphatic carbocycles. The molecule has 0 bridgehead atoms. The number of alkyl halides is 3. The number of piperidine rings is 1. The van der Waals surface area contributed by atoms with Gasteiger partial charge in [0, 0.05) is 12.6 Å². The van der Waals surface area contributed by atoms with Crippen molar-refractivity contribution in [1.29, 1.82) is 0 Å². The lowest BCUT2D eigenvalue weighted by Gasteiger charge is -2.36. The first-order valence-electron chi connectivity index (χ1n) is 6.43. The molecule has 1 heterocycles. The summed E-state index contributed by atoms with van der Waals surface area (Å²) >= 11 is 0. The molecule has 5 nitrogen and oxygen atoms in total. The number of hydrogen-bond donors (Lipinski definition) is 0. The molecular formula is C13H13F3N2O3. The van der Waals surface area contributed by atoms with Crippen molar-refractivity contribution in [3.63, 3.8) is 0 Å². The molecule has 1 atom stereocenters. The van der Waals surface area contributed by atoms with E-state index in [2.05, 4.69) is 0 Å². The second-order valence-electron chi connectivity index (χ2n) is 4.82. The van der Waals surface area contributed by atoms with E-state index in [9.17, 15) is 28.1 Å². The zero-order valence-electron chi connectivity index (χ0n) is 11.0. The van der Waals surface area contributed by atoms with Gasteiger partial charge in [-0.25, -0.2) is 0 Å². The van der Waals surface area contributed by atoms with Crippen LogP contribution in [0, 0.1) is 10.1 Å². The van der Waals surface area contributed by atoms with Gasteiger partial charge >= 0.3 is 12.1 Å². The summed E-state index contributed by atoms with van der Waals surface area (Å²) in [6.45, 7) is -0.0466. The zero-order valence-corrected chi connectivity index (χ0v) is 11.0. The second kappa shape index (κ2) is 5.71. The SMILES string of the molecule is O=C(N1CCCCC1c1ccccc1[N+](=O)[O-])C(F)(F)F. The Morgan fingerprint density at radius 2 is 1.95 bits per heavy atom. The van der Waals surface area contributed by atoms with Crippen LogP contribution in [0.1, 0.15) is 30.9 Å². The highest BCUT2D eigenvalue weighted by Gasteiger charge is 2.46. The minimum Gasteiger partial charge on any atom is -0.328 e. The van der Waals surface area contributed by atoms with E-state index in [1.165, 1.54) is 24.3 Å². The van der Waals surface area contributed by atoms with E-state index in [1.807, 2.05) is 0 Å². The quantitative estimate of drug-likeness (QED) is 0.622. The van der Waals surface area contributed by atoms with Crippen LogP contribution >= 0.6 is 0 Å². The lowest BCUT2D eigenvalue weighted by molar-refractivity contribution is -0.386. The van der Waals surface area contributed by atoms with Gasteiger partial charge in [0.25, 0.3) is 5.69 Å². The van der Waals surface area contributed by atoms with Crippen LogP contribution in [-0.2, 0) is 4.79 Å². The van der Waals surface area contributed by atoms with E-state index in [-0.39, 0.29) is 24.2 Å². The third-order valence-corrected chi connectivity index (χ3v) is 3.50. The third kappa shape index (κ3) is 3.14. The number of carbonyl (C=O) groups excluding carboxylic acids is 1. The topological polar surface area (TPSA) is 63.5 Å². The molecule has 1 aromatic carbocycles. The summed E-state index contributed by atoms with van der Waals surface area (Å²) in [7, 11) is 0. The number of amides is 1. The Kier molecular flexibility index (Phi) is 4.15. The van der Waals surface area contributed by atoms with Crippen LogP contribution in [0.25, 0.3) is 0 Å². The smallest absolute Gasteiger partial charge is 0.328 e. The first-order valence-corrected chi connectivity index (χ1v) is 6.43. The van der Waals surface area contributed by atoms with Crippen LogP contribution in [0.3, 0.4) is 0 Å². The average molecular weight is 302 g/mol. The van der Waals surface area contributed by atoms with Gasteiger partial charge in [0.2, 0.25) is 0 Å². The molecule has 0 aromatic heterocycles. The van der Waals surface area contributed by atoms with Crippen LogP contribution in [0.2, 0.25) is 0 Å². The molecule has 0 saturated carbocycles. The molecule has 8 heteroatoms. The predicted molar refractivity (Wildman–Crippen MR) is 67.5 cm³/mol. The molecule has 0 radical (unpaired) electrons. The Hall–Kier alpha value is -2.12. The number of likely N-dealkylation sites (tertiary alicyclic amines) is 1. The lowest BCUT2D eigenvalue weighted by Crippen LogP contribution is -2.45. The maximum Gasteiger partial charge on any atom is 0.471 e. The monoisotopic (exact) mass is 302 g/mol. The van der Waals surface area contributed by atoms with Crippen molar-refractivity contribution < 1.29 is 22.9 Å². The molecule has 1 saturated heterocycles. The van der Waals surface area contributed by atoms with Crippen LogP contribution < -0.4 is 0 Å². The fraction of sp³-hybridized carbons (Fsp3) is 0.462. The van der Waals surface area contributed by atoms with Crippen molar-refractivity contribution in [3.8, 4) is 0 Å². The van der Waals surface area contributed by atoms with Crippen molar-refractivity contribution in [3.05, 3.63) is 39.9 Å². The molecule has 1 aliphatic heterocycles. The van der Waals surface area contributed by atoms with Gasteiger partial charge in [0.05, 0.1) is 16.5 Å². The molecule has 114 valence electrons. The highest BCUT2D eigenvalue weighted by molar-refractivity contribution is 5.82. The van der Waals surface area contributed by atoms with Crippen molar-refractivity contribution in [2.45, 2.75) is 31.5 Å². The van der Waals surface area contributed by atoms with Gasteiger partial charge in [-0.3, -0.25) is 14.9 Å². The molecule has 1 unspecified atom stereocenters. The maximum atomic E-state index is 12.7. The van der Waals surface area contributed by atoms with Gasteiger partial charge in [-0.2, -0.15) is 13.2 Å². The number of nitro benzene ring substituents is 1. The number of nitro groups is 1. The molecule has 0 N–H and O–H groups in total. The first-order chi connectivity index (χ1) is 9.82. The summed E-state index contributed by atoms with van der Waals surface area (Å²) in [5, 5.41) is 11.0. The lowest BCUT2D eigenvalue weighted by atomic mass is 9.94. The summed E-state index contributed by atoms with van der Waals surface area (Å²) in [6, 6.07) is 4.70. The average Bonchev–Trinajstić information content (AvgIpc) is 2.45. The molecule has 1 fully saturated rings. The van der Waals surface area contributed by atoms with Crippen LogP contribution in [0.15, 0.2) is 24.3 Å². The Bertz CT molecular complexity index is 560. The summed E-state index contributed by atoms with van der Waals surface area (Å²) in [4.78, 5) is 22.6. The number of nitrogens with zero attached hydrogens (tertiary/aromatic N) is 2. The molecular weight excluding hydrogens is 289 g/mol. The molecule has 1 aliphatic rings. The van der Waals surface area contributed by atoms with Gasteiger partial charge in [-0.1, -0.05) is 18.2 Å². The van der Waals surface area contributed by atoms with Crippen molar-refractivity contribution in [2.75, 3.05) is 6.54 Å². The van der Waals surface area contributed by atoms with Crippen molar-refractivity contribution in [2.24, 2.45) is 0 Å². The van der Waals surface area contributed by atoms with Crippen LogP contribution in [0.5, 0.6) is 0 Å². The summed E-state index contributed by atoms with van der Waals surface area (Å²) in [5.41, 5.74) is -0.107. The first kappa shape index (κ1) is 15.3. The number of rotatable bonds is 2. The number of carbonyl (C=O) groups is 1. The van der Waals surface area contributed by atoms with Crippen molar-refractivity contribution >= 4 is 11.6 Å². The van der Waals surface area contributed by atoms with E-state index < -0.39 is 23.0 Å². The minimum atomic E-state index is -4.97. The Morgan fingerprint density at radius 1 is 1.29 bits per heavy atom. The van der Waals surface area contributed by atoms with Crippen LogP contribution in [0.4, 0.5) is 18.9 Å². The van der Waals surface area contributed by atoms with Gasteiger partial charge in [0.1, 0.15) is 0 Å². The third-order valence-electron chi connectivity index (χ3n) is 3.50. The van der Waals surface area contributed by atoms with E-state index in [4.69, 9.17) is 0 Å². The fourth-order valence-corrected chi connectivity index (χ4v) is 2.60. The number of hydrogen-bond acceptors (Lipinski definition) is 3. The van der Waals surface area contributed by atoms with Crippen molar-refractivity contribution in [1.82, 2.24) is 4.90 Å². The Balaban J connectivity index is 2.40. The normalized spacial score (nSPS) is 19.4. The number of benzene rings is 1. The largest absolute Gasteiger partial charge is 0.471 e. The highest BCUT2D eigenvalue weighted by atomic mass is 19.4. The van der Waals surface area contributed by atoms with Crippen LogP contribution in [-0.4, -0.2) is 28.5 Å². The van der Waals surface area contributed by atoms with Gasteiger partial charge in [-0.15, -0.1) is 0 Å². The standard InChI is InChI=1S/C13H13F3N2O3/c14-13(15,16)12(19)17-8-4-3-6-10(17)9-5-1-2-7-11(9)18(20)21/h1-2,5,7,10H,3-4,6,8H2. The predicted octanol–water partition coefficient (Wildman–Crippen LogP) is 3.21. The van der Waals surface area contributed by atoms with Gasteiger partial charge < -0.3 is 4.90 Å². The maximum absolute atomic E-state index is 12.7. The fourth-order valence-electron chi connectivity index (χ4n) is 2.60. The molecule has 2 rings (SSSR count). The summed E-state index contributed by atoms with van der Waals surface area (Å²) < 4.78 is 38.0. The molecule has 1 amide bonds. The van der Waals surface area contributed by atoms with Gasteiger partial charge in [-0.05, 0) is 19.3 Å².